The number of hydrogen-bond acceptors (Lipinski definition) is 4. The minimum atomic E-state index is -0.436. The Bertz CT molecular complexity index is 1030. The lowest BCUT2D eigenvalue weighted by molar-refractivity contribution is -0.0514. The first-order valence-corrected chi connectivity index (χ1v) is 11.2. The maximum atomic E-state index is 12.7. The Kier molecular flexibility index (Phi) is 6.82. The van der Waals surface area contributed by atoms with Crippen molar-refractivity contribution in [2.24, 2.45) is 0 Å². The molecular formula is C26H23BrO4. The number of hydrogen-bond donors (Lipinski definition) is 0. The molecule has 31 heavy (non-hydrogen) atoms. The average Bonchev–Trinajstić information content (AvgIpc) is 2.81. The molecular weight excluding hydrogens is 456 g/mol. The highest BCUT2D eigenvalue weighted by atomic mass is 79.9. The molecule has 1 saturated carbocycles. The van der Waals surface area contributed by atoms with Crippen LogP contribution in [-0.4, -0.2) is 24.1 Å². The second-order valence-electron chi connectivity index (χ2n) is 7.62. The Balaban J connectivity index is 1.41. The first-order valence-electron chi connectivity index (χ1n) is 10.4. The molecule has 0 heterocycles. The van der Waals surface area contributed by atoms with Crippen LogP contribution in [0, 0.1) is 0 Å². The summed E-state index contributed by atoms with van der Waals surface area (Å²) in [5.41, 5.74) is 3.10. The van der Waals surface area contributed by atoms with Gasteiger partial charge in [0.15, 0.2) is 0 Å². The molecule has 0 aliphatic heterocycles. The fourth-order valence-electron chi connectivity index (χ4n) is 3.76. The summed E-state index contributed by atoms with van der Waals surface area (Å²) in [6.07, 6.45) is 2.39. The third-order valence-corrected chi connectivity index (χ3v) is 6.00. The molecule has 0 amide bonds. The molecule has 4 nitrogen and oxygen atoms in total. The van der Waals surface area contributed by atoms with Gasteiger partial charge in [-0.2, -0.15) is 0 Å². The van der Waals surface area contributed by atoms with Crippen LogP contribution in [-0.2, 0) is 9.47 Å². The zero-order chi connectivity index (χ0) is 21.6. The Morgan fingerprint density at radius 3 is 1.61 bits per heavy atom. The molecule has 0 unspecified atom stereocenters. The van der Waals surface area contributed by atoms with Crippen LogP contribution in [0.1, 0.15) is 46.4 Å². The van der Waals surface area contributed by atoms with Crippen LogP contribution in [0.3, 0.4) is 0 Å². The Labute approximate surface area is 190 Å². The van der Waals surface area contributed by atoms with Crippen molar-refractivity contribution >= 4 is 27.9 Å². The number of halogens is 1. The van der Waals surface area contributed by atoms with E-state index in [4.69, 9.17) is 9.47 Å². The van der Waals surface area contributed by atoms with E-state index in [9.17, 15) is 9.59 Å². The third-order valence-electron chi connectivity index (χ3n) is 5.47. The van der Waals surface area contributed by atoms with Gasteiger partial charge in [0.2, 0.25) is 0 Å². The second-order valence-corrected chi connectivity index (χ2v) is 8.54. The molecule has 0 spiro atoms. The number of esters is 2. The SMILES string of the molecule is O=C(O[C@@H]1CCCC[C@H]1OC(=O)c1ccc(-c2ccccc2)cc1)c1ccc(Br)cc1. The molecule has 0 aromatic heterocycles. The Morgan fingerprint density at radius 2 is 1.10 bits per heavy atom. The van der Waals surface area contributed by atoms with Crippen molar-refractivity contribution in [1.29, 1.82) is 0 Å². The van der Waals surface area contributed by atoms with Crippen LogP contribution >= 0.6 is 15.9 Å². The van der Waals surface area contributed by atoms with Gasteiger partial charge in [0.1, 0.15) is 12.2 Å². The average molecular weight is 479 g/mol. The van der Waals surface area contributed by atoms with Crippen LogP contribution in [0.5, 0.6) is 0 Å². The van der Waals surface area contributed by atoms with Crippen LogP contribution in [0.25, 0.3) is 11.1 Å². The summed E-state index contributed by atoms with van der Waals surface area (Å²) in [7, 11) is 0. The number of benzene rings is 3. The molecule has 0 radical (unpaired) electrons. The molecule has 0 N–H and O–H groups in total. The van der Waals surface area contributed by atoms with Crippen LogP contribution in [0.4, 0.5) is 0 Å². The van der Waals surface area contributed by atoms with E-state index in [0.29, 0.717) is 24.0 Å². The molecule has 2 atom stereocenters. The zero-order valence-electron chi connectivity index (χ0n) is 17.0. The van der Waals surface area contributed by atoms with Gasteiger partial charge >= 0.3 is 11.9 Å². The molecule has 158 valence electrons. The fourth-order valence-corrected chi connectivity index (χ4v) is 4.02. The van der Waals surface area contributed by atoms with Gasteiger partial charge in [0.05, 0.1) is 11.1 Å². The molecule has 0 bridgehead atoms. The highest BCUT2D eigenvalue weighted by Crippen LogP contribution is 2.27. The smallest absolute Gasteiger partial charge is 0.338 e. The normalized spacial score (nSPS) is 18.2. The van der Waals surface area contributed by atoms with E-state index >= 15 is 0 Å². The van der Waals surface area contributed by atoms with E-state index in [1.165, 1.54) is 0 Å². The number of ether oxygens (including phenoxy) is 2. The minimum absolute atomic E-state index is 0.392. The number of carbonyl (C=O) groups excluding carboxylic acids is 2. The summed E-state index contributed by atoms with van der Waals surface area (Å²) >= 11 is 3.36. The van der Waals surface area contributed by atoms with Crippen LogP contribution < -0.4 is 0 Å². The summed E-state index contributed by atoms with van der Waals surface area (Å²) in [4.78, 5) is 25.3. The molecule has 0 saturated heterocycles. The van der Waals surface area contributed by atoms with Crippen molar-refractivity contribution in [1.82, 2.24) is 0 Å². The summed E-state index contributed by atoms with van der Waals surface area (Å²) in [5, 5.41) is 0. The van der Waals surface area contributed by atoms with Gasteiger partial charge in [-0.3, -0.25) is 0 Å². The summed E-state index contributed by atoms with van der Waals surface area (Å²) in [6, 6.07) is 24.4. The van der Waals surface area contributed by atoms with E-state index in [2.05, 4.69) is 15.9 Å². The quantitative estimate of drug-likeness (QED) is 0.395. The molecule has 1 aliphatic carbocycles. The standard InChI is InChI=1S/C26H23BrO4/c27-22-16-14-21(15-17-22)26(29)31-24-9-5-4-8-23(24)30-25(28)20-12-10-19(11-13-20)18-6-2-1-3-7-18/h1-3,6-7,10-17,23-24H,4-5,8-9H2/t23-,24-/m1/s1. The highest BCUT2D eigenvalue weighted by molar-refractivity contribution is 9.10. The zero-order valence-corrected chi connectivity index (χ0v) is 18.6. The summed E-state index contributed by atoms with van der Waals surface area (Å²) < 4.78 is 12.4. The van der Waals surface area contributed by atoms with E-state index in [1.807, 2.05) is 42.5 Å². The first kappa shape index (κ1) is 21.3. The molecule has 4 rings (SSSR count). The second kappa shape index (κ2) is 9.92. The Morgan fingerprint density at radius 1 is 0.645 bits per heavy atom. The topological polar surface area (TPSA) is 52.6 Å². The summed E-state index contributed by atoms with van der Waals surface area (Å²) in [5.74, 6) is -0.788. The maximum Gasteiger partial charge on any atom is 0.338 e. The lowest BCUT2D eigenvalue weighted by Gasteiger charge is -2.30. The number of rotatable bonds is 5. The van der Waals surface area contributed by atoms with E-state index in [1.54, 1.807) is 36.4 Å². The molecule has 3 aromatic carbocycles. The number of carbonyl (C=O) groups is 2. The van der Waals surface area contributed by atoms with Gasteiger partial charge in [0, 0.05) is 4.47 Å². The van der Waals surface area contributed by atoms with Crippen molar-refractivity contribution in [3.63, 3.8) is 0 Å². The predicted octanol–water partition coefficient (Wildman–Crippen LogP) is 6.44. The van der Waals surface area contributed by atoms with Gasteiger partial charge < -0.3 is 9.47 Å². The summed E-state index contributed by atoms with van der Waals surface area (Å²) in [6.45, 7) is 0. The molecule has 1 fully saturated rings. The maximum absolute atomic E-state index is 12.7. The predicted molar refractivity (Wildman–Crippen MR) is 123 cm³/mol. The van der Waals surface area contributed by atoms with Gasteiger partial charge in [-0.1, -0.05) is 58.4 Å². The van der Waals surface area contributed by atoms with Crippen LogP contribution in [0.15, 0.2) is 83.3 Å². The van der Waals surface area contributed by atoms with Crippen molar-refractivity contribution < 1.29 is 19.1 Å². The third kappa shape index (κ3) is 5.42. The van der Waals surface area contributed by atoms with E-state index in [0.717, 1.165) is 28.4 Å². The lowest BCUT2D eigenvalue weighted by atomic mass is 9.94. The van der Waals surface area contributed by atoms with Gasteiger partial charge in [-0.25, -0.2) is 9.59 Å². The first-order chi connectivity index (χ1) is 15.1. The van der Waals surface area contributed by atoms with Crippen molar-refractivity contribution in [3.05, 3.63) is 94.5 Å². The van der Waals surface area contributed by atoms with E-state index in [-0.39, 0.29) is 0 Å². The molecule has 3 aromatic rings. The monoisotopic (exact) mass is 478 g/mol. The van der Waals surface area contributed by atoms with E-state index < -0.39 is 24.1 Å². The van der Waals surface area contributed by atoms with Crippen molar-refractivity contribution in [2.45, 2.75) is 37.9 Å². The van der Waals surface area contributed by atoms with Gasteiger partial charge in [-0.15, -0.1) is 0 Å². The van der Waals surface area contributed by atoms with Crippen molar-refractivity contribution in [3.8, 4) is 11.1 Å². The Hall–Kier alpha value is -2.92. The van der Waals surface area contributed by atoms with Crippen LogP contribution in [0.2, 0.25) is 0 Å². The molecule has 5 heteroatoms. The minimum Gasteiger partial charge on any atom is -0.455 e. The highest BCUT2D eigenvalue weighted by Gasteiger charge is 2.32. The van der Waals surface area contributed by atoms with Gasteiger partial charge in [0.25, 0.3) is 0 Å². The van der Waals surface area contributed by atoms with Gasteiger partial charge in [-0.05, 0) is 73.2 Å². The lowest BCUT2D eigenvalue weighted by Crippen LogP contribution is -2.37. The van der Waals surface area contributed by atoms with Crippen molar-refractivity contribution in [2.75, 3.05) is 0 Å². The molecule has 1 aliphatic rings. The fraction of sp³-hybridized carbons (Fsp3) is 0.231. The largest absolute Gasteiger partial charge is 0.455 e.